The number of rotatable bonds is 4. The molecule has 0 aliphatic carbocycles. The van der Waals surface area contributed by atoms with Gasteiger partial charge in [0, 0.05) is 32.9 Å². The lowest BCUT2D eigenvalue weighted by Crippen LogP contribution is -2.54. The van der Waals surface area contributed by atoms with Crippen molar-refractivity contribution in [2.24, 2.45) is 0 Å². The molecule has 1 aromatic carbocycles. The van der Waals surface area contributed by atoms with Gasteiger partial charge in [-0.25, -0.2) is 4.39 Å². The molecule has 3 rings (SSSR count). The molecule has 2 atom stereocenters. The first-order chi connectivity index (χ1) is 11.9. The standard InChI is InChI=1S/C17H22FNO4S2/c1-23-17(7-10-24(21)11-8-17)16(20)19-9-6-15(12-19)25(22)14-4-2-13(18)3-5-14/h2-5,15H,6-12H2,1H3. The summed E-state index contributed by atoms with van der Waals surface area (Å²) < 4.78 is 42.8. The summed E-state index contributed by atoms with van der Waals surface area (Å²) in [6, 6.07) is 5.66. The molecular formula is C17H22FNO4S2. The second kappa shape index (κ2) is 7.84. The zero-order chi connectivity index (χ0) is 18.0. The highest BCUT2D eigenvalue weighted by atomic mass is 32.2. The fraction of sp³-hybridized carbons (Fsp3) is 0.588. The lowest BCUT2D eigenvalue weighted by molar-refractivity contribution is -0.155. The Hall–Kier alpha value is -0.800. The molecule has 0 spiro atoms. The third kappa shape index (κ3) is 3.98. The van der Waals surface area contributed by atoms with Crippen molar-refractivity contribution in [2.45, 2.75) is 35.0 Å². The van der Waals surface area contributed by atoms with Crippen LogP contribution in [0, 0.1) is 5.82 Å². The van der Waals surface area contributed by atoms with Crippen molar-refractivity contribution in [1.82, 2.24) is 4.90 Å². The second-order valence-corrected chi connectivity index (χ2v) is 9.89. The minimum Gasteiger partial charge on any atom is -0.616 e. The number of amides is 1. The van der Waals surface area contributed by atoms with Crippen molar-refractivity contribution in [3.63, 3.8) is 0 Å². The van der Waals surface area contributed by atoms with E-state index in [0.29, 0.717) is 48.8 Å². The number of halogens is 1. The Bertz CT molecular complexity index is 607. The van der Waals surface area contributed by atoms with Gasteiger partial charge in [-0.05, 0) is 35.4 Å². The molecule has 25 heavy (non-hydrogen) atoms. The minimum atomic E-state index is -1.28. The third-order valence-corrected chi connectivity index (χ3v) is 8.07. The molecule has 2 aliphatic rings. The van der Waals surface area contributed by atoms with Crippen molar-refractivity contribution in [3.8, 4) is 0 Å². The zero-order valence-corrected chi connectivity index (χ0v) is 15.7. The van der Waals surface area contributed by atoms with Crippen LogP contribution in [0.4, 0.5) is 4.39 Å². The molecule has 0 bridgehead atoms. The van der Waals surface area contributed by atoms with Gasteiger partial charge in [-0.15, -0.1) is 0 Å². The molecule has 138 valence electrons. The molecule has 2 heterocycles. The zero-order valence-electron chi connectivity index (χ0n) is 14.1. The summed E-state index contributed by atoms with van der Waals surface area (Å²) in [6.07, 6.45) is 1.55. The number of carbonyl (C=O) groups is 1. The van der Waals surface area contributed by atoms with Gasteiger partial charge in [0.15, 0.2) is 10.5 Å². The van der Waals surface area contributed by atoms with E-state index in [1.807, 2.05) is 0 Å². The molecule has 1 aromatic rings. The summed E-state index contributed by atoms with van der Waals surface area (Å²) in [4.78, 5) is 15.3. The summed E-state index contributed by atoms with van der Waals surface area (Å²) in [5.74, 6) is 0.488. The molecule has 2 fully saturated rings. The van der Waals surface area contributed by atoms with Crippen LogP contribution in [0.5, 0.6) is 0 Å². The van der Waals surface area contributed by atoms with Crippen LogP contribution in [-0.2, 0) is 31.9 Å². The monoisotopic (exact) mass is 387 g/mol. The SMILES string of the molecule is COC1(C(=O)N2CCC([S+]([O-])c3ccc(F)cc3)C2)CC[S+]([O-])CC1. The highest BCUT2D eigenvalue weighted by Gasteiger charge is 2.48. The minimum absolute atomic E-state index is 0.0923. The number of ether oxygens (including phenoxy) is 1. The van der Waals surface area contributed by atoms with E-state index < -0.39 is 28.0 Å². The predicted molar refractivity (Wildman–Crippen MR) is 94.6 cm³/mol. The molecular weight excluding hydrogens is 365 g/mol. The lowest BCUT2D eigenvalue weighted by atomic mass is 9.94. The molecule has 0 radical (unpaired) electrons. The summed E-state index contributed by atoms with van der Waals surface area (Å²) in [5.41, 5.74) is -0.903. The van der Waals surface area contributed by atoms with Crippen LogP contribution in [0.2, 0.25) is 0 Å². The number of carbonyl (C=O) groups excluding carboxylic acids is 1. The van der Waals surface area contributed by atoms with Crippen LogP contribution >= 0.6 is 0 Å². The first-order valence-corrected chi connectivity index (χ1v) is 11.0. The molecule has 8 heteroatoms. The Labute approximate surface area is 153 Å². The van der Waals surface area contributed by atoms with Gasteiger partial charge in [-0.1, -0.05) is 11.2 Å². The van der Waals surface area contributed by atoms with E-state index in [2.05, 4.69) is 0 Å². The van der Waals surface area contributed by atoms with Crippen LogP contribution in [0.25, 0.3) is 0 Å². The number of nitrogens with zero attached hydrogens (tertiary/aromatic N) is 1. The Morgan fingerprint density at radius 2 is 2.00 bits per heavy atom. The topological polar surface area (TPSA) is 75.7 Å². The van der Waals surface area contributed by atoms with E-state index in [9.17, 15) is 18.3 Å². The average Bonchev–Trinajstić information content (AvgIpc) is 3.12. The summed E-state index contributed by atoms with van der Waals surface area (Å²) in [7, 11) is 1.52. The van der Waals surface area contributed by atoms with Gasteiger partial charge >= 0.3 is 0 Å². The van der Waals surface area contributed by atoms with E-state index in [1.165, 1.54) is 31.4 Å². The normalized spacial score (nSPS) is 31.1. The Morgan fingerprint density at radius 1 is 1.36 bits per heavy atom. The predicted octanol–water partition coefficient (Wildman–Crippen LogP) is 1.46. The highest BCUT2D eigenvalue weighted by Crippen LogP contribution is 2.32. The van der Waals surface area contributed by atoms with Gasteiger partial charge in [0.25, 0.3) is 5.91 Å². The number of benzene rings is 1. The summed E-state index contributed by atoms with van der Waals surface area (Å²) in [5, 5.41) is -0.166. The van der Waals surface area contributed by atoms with Crippen LogP contribution in [0.15, 0.2) is 29.2 Å². The molecule has 5 nitrogen and oxygen atoms in total. The smallest absolute Gasteiger partial charge is 0.255 e. The molecule has 2 unspecified atom stereocenters. The maximum absolute atomic E-state index is 13.0. The van der Waals surface area contributed by atoms with E-state index in [1.54, 1.807) is 4.90 Å². The van der Waals surface area contributed by atoms with Gasteiger partial charge in [0.2, 0.25) is 0 Å². The largest absolute Gasteiger partial charge is 0.616 e. The Morgan fingerprint density at radius 3 is 2.60 bits per heavy atom. The molecule has 2 saturated heterocycles. The molecule has 0 aromatic heterocycles. The van der Waals surface area contributed by atoms with Crippen molar-refractivity contribution in [1.29, 1.82) is 0 Å². The van der Waals surface area contributed by atoms with E-state index in [4.69, 9.17) is 4.74 Å². The van der Waals surface area contributed by atoms with Crippen molar-refractivity contribution in [3.05, 3.63) is 30.1 Å². The maximum Gasteiger partial charge on any atom is 0.255 e. The van der Waals surface area contributed by atoms with Crippen LogP contribution < -0.4 is 0 Å². The molecule has 2 aliphatic heterocycles. The second-order valence-electron chi connectivity index (χ2n) is 6.46. The van der Waals surface area contributed by atoms with Gasteiger partial charge < -0.3 is 18.7 Å². The molecule has 1 amide bonds. The van der Waals surface area contributed by atoms with Gasteiger partial charge in [0.1, 0.15) is 22.6 Å². The number of methoxy groups -OCH3 is 1. The fourth-order valence-corrected chi connectivity index (χ4v) is 6.17. The summed E-state index contributed by atoms with van der Waals surface area (Å²) >= 11 is -2.16. The average molecular weight is 387 g/mol. The maximum atomic E-state index is 13.0. The fourth-order valence-electron chi connectivity index (χ4n) is 3.43. The molecule has 0 saturated carbocycles. The number of likely N-dealkylation sites (tertiary alicyclic amines) is 1. The van der Waals surface area contributed by atoms with Crippen LogP contribution in [0.3, 0.4) is 0 Å². The van der Waals surface area contributed by atoms with Gasteiger partial charge in [-0.3, -0.25) is 4.79 Å². The van der Waals surface area contributed by atoms with Gasteiger partial charge in [-0.2, -0.15) is 0 Å². The first kappa shape index (κ1) is 19.0. The van der Waals surface area contributed by atoms with E-state index in [-0.39, 0.29) is 17.0 Å². The number of hydrogen-bond acceptors (Lipinski definition) is 4. The van der Waals surface area contributed by atoms with E-state index in [0.717, 1.165) is 0 Å². The van der Waals surface area contributed by atoms with Crippen LogP contribution in [-0.4, -0.2) is 62.5 Å². The third-order valence-electron chi connectivity index (χ3n) is 5.03. The van der Waals surface area contributed by atoms with Crippen molar-refractivity contribution in [2.75, 3.05) is 31.7 Å². The van der Waals surface area contributed by atoms with Crippen molar-refractivity contribution >= 4 is 28.3 Å². The first-order valence-electron chi connectivity index (χ1n) is 8.31. The quantitative estimate of drug-likeness (QED) is 0.733. The van der Waals surface area contributed by atoms with Gasteiger partial charge in [0.05, 0.1) is 6.54 Å². The Kier molecular flexibility index (Phi) is 5.95. The number of hydrogen-bond donors (Lipinski definition) is 0. The summed E-state index contributed by atoms with van der Waals surface area (Å²) in [6.45, 7) is 0.932. The molecule has 0 N–H and O–H groups in total. The Balaban J connectivity index is 1.65. The lowest BCUT2D eigenvalue weighted by Gasteiger charge is -2.37. The van der Waals surface area contributed by atoms with Crippen molar-refractivity contribution < 1.29 is 23.0 Å². The van der Waals surface area contributed by atoms with Crippen LogP contribution in [0.1, 0.15) is 19.3 Å². The highest BCUT2D eigenvalue weighted by molar-refractivity contribution is 7.92. The van der Waals surface area contributed by atoms with E-state index >= 15 is 0 Å².